The number of hydrogen-bond acceptors (Lipinski definition) is 4. The molecule has 7 nitrogen and oxygen atoms in total. The molecule has 0 saturated carbocycles. The molecule has 0 aliphatic carbocycles. The van der Waals surface area contributed by atoms with Crippen LogP contribution in [0.2, 0.25) is 0 Å². The number of benzene rings is 2. The van der Waals surface area contributed by atoms with Crippen LogP contribution in [0.15, 0.2) is 57.9 Å². The second kappa shape index (κ2) is 11.2. The van der Waals surface area contributed by atoms with E-state index in [0.717, 1.165) is 16.5 Å². The number of hydrogen-bond donors (Lipinski definition) is 3. The first-order chi connectivity index (χ1) is 14.2. The number of anilines is 1. The van der Waals surface area contributed by atoms with Crippen molar-refractivity contribution in [3.63, 3.8) is 0 Å². The van der Waals surface area contributed by atoms with Crippen molar-refractivity contribution >= 4 is 43.5 Å². The highest BCUT2D eigenvalue weighted by Gasteiger charge is 2.25. The number of nitrogens with one attached hydrogen (secondary N) is 2. The van der Waals surface area contributed by atoms with Gasteiger partial charge in [0, 0.05) is 16.6 Å². The number of carbonyl (C=O) groups excluding carboxylic acids is 1. The van der Waals surface area contributed by atoms with Gasteiger partial charge in [0.1, 0.15) is 6.04 Å². The number of unbranched alkanes of at least 4 members (excludes halogenated alkanes) is 1. The van der Waals surface area contributed by atoms with E-state index >= 15 is 0 Å². The Kier molecular flexibility index (Phi) is 9.01. The van der Waals surface area contributed by atoms with Gasteiger partial charge in [0.25, 0.3) is 0 Å². The molecule has 0 radical (unpaired) electrons. The minimum absolute atomic E-state index is 0.0304. The average molecular weight is 497 g/mol. The molecule has 0 fully saturated rings. The van der Waals surface area contributed by atoms with Crippen LogP contribution in [0, 0.1) is 0 Å². The fourth-order valence-electron chi connectivity index (χ4n) is 2.76. The highest BCUT2D eigenvalue weighted by Crippen LogP contribution is 2.17. The Hall–Kier alpha value is -2.23. The van der Waals surface area contributed by atoms with E-state index in [9.17, 15) is 18.0 Å². The van der Waals surface area contributed by atoms with E-state index in [4.69, 9.17) is 5.11 Å². The predicted octanol–water partition coefficient (Wildman–Crippen LogP) is 3.94. The molecular weight excluding hydrogens is 472 g/mol. The third-order valence-electron chi connectivity index (χ3n) is 4.43. The van der Waals surface area contributed by atoms with Crippen LogP contribution in [0.1, 0.15) is 38.2 Å². The zero-order valence-corrected chi connectivity index (χ0v) is 19.0. The first-order valence-corrected chi connectivity index (χ1v) is 11.9. The summed E-state index contributed by atoms with van der Waals surface area (Å²) in [6, 6.07) is 12.1. The summed E-state index contributed by atoms with van der Waals surface area (Å²) in [7, 11) is -3.85. The summed E-state index contributed by atoms with van der Waals surface area (Å²) in [4.78, 5) is 23.5. The molecule has 1 atom stereocenters. The van der Waals surface area contributed by atoms with Crippen molar-refractivity contribution in [3.8, 4) is 0 Å². The van der Waals surface area contributed by atoms with Gasteiger partial charge in [0.2, 0.25) is 15.9 Å². The summed E-state index contributed by atoms with van der Waals surface area (Å²) in [6.45, 7) is 1.97. The minimum Gasteiger partial charge on any atom is -0.481 e. The Morgan fingerprint density at radius 1 is 1.07 bits per heavy atom. The Balaban J connectivity index is 2.09. The maximum atomic E-state index is 12.8. The fourth-order valence-corrected chi connectivity index (χ4v) is 4.25. The zero-order valence-electron chi connectivity index (χ0n) is 16.6. The van der Waals surface area contributed by atoms with Gasteiger partial charge in [-0.1, -0.05) is 47.8 Å². The van der Waals surface area contributed by atoms with E-state index in [0.29, 0.717) is 24.9 Å². The molecule has 0 heterocycles. The number of aliphatic carboxylic acids is 1. The normalized spacial score (nSPS) is 12.3. The van der Waals surface area contributed by atoms with Crippen molar-refractivity contribution in [2.75, 3.05) is 5.32 Å². The first-order valence-electron chi connectivity index (χ1n) is 9.60. The Morgan fingerprint density at radius 3 is 2.27 bits per heavy atom. The van der Waals surface area contributed by atoms with Gasteiger partial charge in [0.05, 0.1) is 4.90 Å². The number of carboxylic acids is 1. The summed E-state index contributed by atoms with van der Waals surface area (Å²) in [5.41, 5.74) is 1.36. The smallest absolute Gasteiger partial charge is 0.303 e. The molecule has 0 aromatic heterocycles. The van der Waals surface area contributed by atoms with Crippen LogP contribution in [-0.2, 0) is 26.0 Å². The SMILES string of the molecule is CCCC[C@H](NS(=O)(=O)c1ccc(Br)cc1)C(=O)Nc1ccc(CCC(=O)O)cc1. The molecular formula is C21H25BrN2O5S. The molecule has 0 aliphatic heterocycles. The number of rotatable bonds is 11. The van der Waals surface area contributed by atoms with Gasteiger partial charge in [-0.05, 0) is 54.8 Å². The van der Waals surface area contributed by atoms with E-state index in [1.807, 2.05) is 6.92 Å². The lowest BCUT2D eigenvalue weighted by molar-refractivity contribution is -0.137. The Labute approximate surface area is 185 Å². The highest BCUT2D eigenvalue weighted by molar-refractivity contribution is 9.10. The molecule has 0 spiro atoms. The maximum Gasteiger partial charge on any atom is 0.303 e. The number of sulfonamides is 1. The third kappa shape index (κ3) is 7.55. The second-order valence-electron chi connectivity index (χ2n) is 6.85. The zero-order chi connectivity index (χ0) is 22.1. The standard InChI is InChI=1S/C21H25BrN2O5S/c1-2-3-4-19(24-30(28,29)18-12-8-16(22)9-13-18)21(27)23-17-10-5-15(6-11-17)7-14-20(25)26/h5-6,8-13,19,24H,2-4,7,14H2,1H3,(H,23,27)(H,25,26)/t19-/m0/s1. The fraction of sp³-hybridized carbons (Fsp3) is 0.333. The van der Waals surface area contributed by atoms with Crippen LogP contribution in [-0.4, -0.2) is 31.4 Å². The van der Waals surface area contributed by atoms with Gasteiger partial charge in [-0.25, -0.2) is 8.42 Å². The predicted molar refractivity (Wildman–Crippen MR) is 119 cm³/mol. The van der Waals surface area contributed by atoms with Crippen LogP contribution in [0.4, 0.5) is 5.69 Å². The third-order valence-corrected chi connectivity index (χ3v) is 6.45. The Morgan fingerprint density at radius 2 is 1.70 bits per heavy atom. The van der Waals surface area contributed by atoms with E-state index < -0.39 is 27.9 Å². The topological polar surface area (TPSA) is 113 Å². The van der Waals surface area contributed by atoms with Crippen molar-refractivity contribution in [2.24, 2.45) is 0 Å². The molecule has 2 aromatic carbocycles. The Bertz CT molecular complexity index is 960. The second-order valence-corrected chi connectivity index (χ2v) is 9.48. The van der Waals surface area contributed by atoms with E-state index in [-0.39, 0.29) is 11.3 Å². The van der Waals surface area contributed by atoms with E-state index in [1.54, 1.807) is 36.4 Å². The molecule has 0 unspecified atom stereocenters. The van der Waals surface area contributed by atoms with Crippen molar-refractivity contribution in [3.05, 3.63) is 58.6 Å². The van der Waals surface area contributed by atoms with E-state index in [2.05, 4.69) is 26.0 Å². The summed E-state index contributed by atoms with van der Waals surface area (Å²) in [6.07, 6.45) is 2.31. The molecule has 30 heavy (non-hydrogen) atoms. The van der Waals surface area contributed by atoms with Gasteiger partial charge in [0.15, 0.2) is 0 Å². The van der Waals surface area contributed by atoms with Crippen molar-refractivity contribution in [1.82, 2.24) is 4.72 Å². The molecule has 162 valence electrons. The summed E-state index contributed by atoms with van der Waals surface area (Å²) in [5, 5.41) is 11.5. The largest absolute Gasteiger partial charge is 0.481 e. The van der Waals surface area contributed by atoms with Crippen molar-refractivity contribution < 1.29 is 23.1 Å². The molecule has 2 rings (SSSR count). The molecule has 1 amide bonds. The lowest BCUT2D eigenvalue weighted by Crippen LogP contribution is -2.43. The van der Waals surface area contributed by atoms with Crippen molar-refractivity contribution in [1.29, 1.82) is 0 Å². The van der Waals surface area contributed by atoms with Gasteiger partial charge in [-0.3, -0.25) is 9.59 Å². The van der Waals surface area contributed by atoms with Crippen LogP contribution in [0.3, 0.4) is 0 Å². The van der Waals surface area contributed by atoms with Crippen molar-refractivity contribution in [2.45, 2.75) is 50.0 Å². The van der Waals surface area contributed by atoms with Crippen LogP contribution >= 0.6 is 15.9 Å². The molecule has 3 N–H and O–H groups in total. The molecule has 0 aliphatic rings. The number of carboxylic acid groups (broad SMARTS) is 1. The summed E-state index contributed by atoms with van der Waals surface area (Å²) in [5.74, 6) is -1.31. The monoisotopic (exact) mass is 496 g/mol. The van der Waals surface area contributed by atoms with Crippen LogP contribution in [0.25, 0.3) is 0 Å². The quantitative estimate of drug-likeness (QED) is 0.435. The minimum atomic E-state index is -3.85. The van der Waals surface area contributed by atoms with Gasteiger partial charge in [-0.2, -0.15) is 4.72 Å². The number of amides is 1. The average Bonchev–Trinajstić information content (AvgIpc) is 2.70. The van der Waals surface area contributed by atoms with E-state index in [1.165, 1.54) is 12.1 Å². The van der Waals surface area contributed by atoms with Gasteiger partial charge >= 0.3 is 5.97 Å². The lowest BCUT2D eigenvalue weighted by Gasteiger charge is -2.18. The molecule has 2 aromatic rings. The van der Waals surface area contributed by atoms with Crippen LogP contribution < -0.4 is 10.0 Å². The number of halogens is 1. The number of aryl methyl sites for hydroxylation is 1. The summed E-state index contributed by atoms with van der Waals surface area (Å²) >= 11 is 3.27. The van der Waals surface area contributed by atoms with Gasteiger partial charge < -0.3 is 10.4 Å². The molecule has 9 heteroatoms. The number of carbonyl (C=O) groups is 2. The summed E-state index contributed by atoms with van der Waals surface area (Å²) < 4.78 is 28.6. The lowest BCUT2D eigenvalue weighted by atomic mass is 10.1. The van der Waals surface area contributed by atoms with Crippen LogP contribution in [0.5, 0.6) is 0 Å². The van der Waals surface area contributed by atoms with Gasteiger partial charge in [-0.15, -0.1) is 0 Å². The maximum absolute atomic E-state index is 12.8. The first kappa shape index (κ1) is 24.0. The highest BCUT2D eigenvalue weighted by atomic mass is 79.9. The molecule has 0 bridgehead atoms. The molecule has 0 saturated heterocycles.